The largest absolute Gasteiger partial charge is 0.507 e. The second-order valence-corrected chi connectivity index (χ2v) is 8.67. The van der Waals surface area contributed by atoms with Gasteiger partial charge < -0.3 is 14.9 Å². The predicted octanol–water partition coefficient (Wildman–Crippen LogP) is 4.36. The van der Waals surface area contributed by atoms with Crippen molar-refractivity contribution in [3.63, 3.8) is 0 Å². The van der Waals surface area contributed by atoms with Crippen molar-refractivity contribution in [3.05, 3.63) is 76.4 Å². The molecule has 5 nitrogen and oxygen atoms in total. The summed E-state index contributed by atoms with van der Waals surface area (Å²) in [6.07, 6.45) is 0.887. The fourth-order valence-corrected chi connectivity index (χ4v) is 3.88. The molecule has 164 valence electrons. The van der Waals surface area contributed by atoms with Crippen LogP contribution in [0.4, 0.5) is 0 Å². The van der Waals surface area contributed by atoms with Gasteiger partial charge in [0.1, 0.15) is 5.76 Å². The topological polar surface area (TPSA) is 60.9 Å². The lowest BCUT2D eigenvalue weighted by molar-refractivity contribution is -0.140. The third-order valence-corrected chi connectivity index (χ3v) is 5.88. The maximum atomic E-state index is 13.0. The fourth-order valence-electron chi connectivity index (χ4n) is 3.88. The molecule has 0 spiro atoms. The van der Waals surface area contributed by atoms with Gasteiger partial charge in [0, 0.05) is 18.7 Å². The zero-order chi connectivity index (χ0) is 22.7. The highest BCUT2D eigenvalue weighted by Crippen LogP contribution is 2.39. The van der Waals surface area contributed by atoms with Crippen LogP contribution in [0.1, 0.15) is 55.0 Å². The molecular weight excluding hydrogens is 388 g/mol. The Morgan fingerprint density at radius 2 is 1.65 bits per heavy atom. The molecular formula is C26H32N2O3. The smallest absolute Gasteiger partial charge is 0.295 e. The number of Topliss-reactive ketones (excluding diaryl/α,β-unsaturated/α-hetero) is 1. The van der Waals surface area contributed by atoms with Gasteiger partial charge in [-0.1, -0.05) is 69.3 Å². The molecule has 2 aromatic rings. The number of carbonyl (C=O) groups excluding carboxylic acids is 2. The van der Waals surface area contributed by atoms with Crippen LogP contribution in [0.3, 0.4) is 0 Å². The summed E-state index contributed by atoms with van der Waals surface area (Å²) >= 11 is 0. The molecule has 0 saturated carbocycles. The third kappa shape index (κ3) is 4.72. The lowest BCUT2D eigenvalue weighted by Crippen LogP contribution is -2.35. The number of hydrogen-bond acceptors (Lipinski definition) is 4. The average molecular weight is 421 g/mol. The van der Waals surface area contributed by atoms with Gasteiger partial charge >= 0.3 is 0 Å². The molecule has 1 aliphatic heterocycles. The van der Waals surface area contributed by atoms with E-state index in [4.69, 9.17) is 0 Å². The molecule has 1 amide bonds. The zero-order valence-corrected chi connectivity index (χ0v) is 19.1. The van der Waals surface area contributed by atoms with E-state index in [9.17, 15) is 14.7 Å². The number of nitrogens with zero attached hydrogens (tertiary/aromatic N) is 2. The first-order valence-electron chi connectivity index (χ1n) is 10.9. The summed E-state index contributed by atoms with van der Waals surface area (Å²) < 4.78 is 0. The van der Waals surface area contributed by atoms with Gasteiger partial charge in [-0.2, -0.15) is 0 Å². The minimum absolute atomic E-state index is 0.119. The van der Waals surface area contributed by atoms with Gasteiger partial charge in [-0.25, -0.2) is 0 Å². The van der Waals surface area contributed by atoms with E-state index in [0.29, 0.717) is 24.6 Å². The van der Waals surface area contributed by atoms with Crippen LogP contribution in [0.5, 0.6) is 0 Å². The second-order valence-electron chi connectivity index (χ2n) is 8.67. The minimum atomic E-state index is -0.631. The number of likely N-dealkylation sites (N-methyl/N-ethyl adjacent to an activating group) is 1. The van der Waals surface area contributed by atoms with Gasteiger partial charge in [0.2, 0.25) is 0 Å². The number of aliphatic hydroxyl groups excluding tert-OH is 1. The van der Waals surface area contributed by atoms with Gasteiger partial charge in [0.15, 0.2) is 0 Å². The molecule has 0 aliphatic carbocycles. The van der Waals surface area contributed by atoms with Gasteiger partial charge in [0.25, 0.3) is 11.7 Å². The maximum absolute atomic E-state index is 13.0. The van der Waals surface area contributed by atoms with E-state index >= 15 is 0 Å². The summed E-state index contributed by atoms with van der Waals surface area (Å²) in [6, 6.07) is 14.9. The molecule has 1 N–H and O–H groups in total. The summed E-state index contributed by atoms with van der Waals surface area (Å²) in [5.41, 5.74) is 3.86. The van der Waals surface area contributed by atoms with Crippen LogP contribution in [0.15, 0.2) is 54.1 Å². The van der Waals surface area contributed by atoms with Crippen molar-refractivity contribution < 1.29 is 14.7 Å². The Kier molecular flexibility index (Phi) is 6.96. The number of ketones is 1. The highest BCUT2D eigenvalue weighted by atomic mass is 16.3. The van der Waals surface area contributed by atoms with Crippen LogP contribution >= 0.6 is 0 Å². The maximum Gasteiger partial charge on any atom is 0.295 e. The quantitative estimate of drug-likeness (QED) is 0.411. The average Bonchev–Trinajstić information content (AvgIpc) is 3.02. The van der Waals surface area contributed by atoms with E-state index in [0.717, 1.165) is 17.5 Å². The molecule has 1 fully saturated rings. The standard InChI is InChI=1S/C26H32N2O3/c1-6-18-7-9-21(10-8-18)24(29)22-23(20-13-11-19(12-14-20)17(2)3)28(16-15-27(4)5)26(31)25(22)30/h7-14,17,23,29H,6,15-16H2,1-5H3/b24-22-. The normalized spacial score (nSPS) is 18.4. The summed E-state index contributed by atoms with van der Waals surface area (Å²) in [7, 11) is 3.86. The molecule has 1 aliphatic rings. The molecule has 1 heterocycles. The van der Waals surface area contributed by atoms with Crippen molar-refractivity contribution >= 4 is 17.4 Å². The molecule has 31 heavy (non-hydrogen) atoms. The number of benzene rings is 2. The Labute approximate surface area is 185 Å². The Morgan fingerprint density at radius 3 is 2.16 bits per heavy atom. The lowest BCUT2D eigenvalue weighted by atomic mass is 9.93. The number of likely N-dealkylation sites (tertiary alicyclic amines) is 1. The lowest BCUT2D eigenvalue weighted by Gasteiger charge is -2.27. The third-order valence-electron chi connectivity index (χ3n) is 5.88. The minimum Gasteiger partial charge on any atom is -0.507 e. The summed E-state index contributed by atoms with van der Waals surface area (Å²) in [5, 5.41) is 11.1. The number of aryl methyl sites for hydroxylation is 1. The number of aliphatic hydroxyl groups is 1. The second kappa shape index (κ2) is 9.48. The zero-order valence-electron chi connectivity index (χ0n) is 19.1. The Bertz CT molecular complexity index is 973. The summed E-state index contributed by atoms with van der Waals surface area (Å²) in [6.45, 7) is 7.33. The van der Waals surface area contributed by atoms with Crippen LogP contribution < -0.4 is 0 Å². The number of amides is 1. The molecule has 1 saturated heterocycles. The monoisotopic (exact) mass is 420 g/mol. The highest BCUT2D eigenvalue weighted by molar-refractivity contribution is 6.46. The number of rotatable bonds is 7. The van der Waals surface area contributed by atoms with E-state index in [1.165, 1.54) is 5.56 Å². The van der Waals surface area contributed by atoms with E-state index in [1.54, 1.807) is 17.0 Å². The molecule has 1 atom stereocenters. The molecule has 0 bridgehead atoms. The van der Waals surface area contributed by atoms with Crippen molar-refractivity contribution in [2.24, 2.45) is 0 Å². The Balaban J connectivity index is 2.11. The van der Waals surface area contributed by atoms with Gasteiger partial charge in [-0.05, 0) is 43.1 Å². The van der Waals surface area contributed by atoms with Crippen LogP contribution in [0.2, 0.25) is 0 Å². The van der Waals surface area contributed by atoms with E-state index in [1.807, 2.05) is 55.4 Å². The van der Waals surface area contributed by atoms with Crippen molar-refractivity contribution in [1.82, 2.24) is 9.80 Å². The van der Waals surface area contributed by atoms with Gasteiger partial charge in [-0.3, -0.25) is 9.59 Å². The van der Waals surface area contributed by atoms with Crippen molar-refractivity contribution in [1.29, 1.82) is 0 Å². The van der Waals surface area contributed by atoms with E-state index in [2.05, 4.69) is 20.8 Å². The van der Waals surface area contributed by atoms with E-state index in [-0.39, 0.29) is 11.3 Å². The molecule has 0 aromatic heterocycles. The van der Waals surface area contributed by atoms with Crippen LogP contribution in [0.25, 0.3) is 5.76 Å². The molecule has 3 rings (SSSR count). The van der Waals surface area contributed by atoms with Gasteiger partial charge in [-0.15, -0.1) is 0 Å². The first kappa shape index (κ1) is 22.8. The predicted molar refractivity (Wildman–Crippen MR) is 124 cm³/mol. The molecule has 0 radical (unpaired) electrons. The van der Waals surface area contributed by atoms with E-state index < -0.39 is 17.7 Å². The summed E-state index contributed by atoms with van der Waals surface area (Å²) in [5.74, 6) is -0.933. The molecule has 2 aromatic carbocycles. The van der Waals surface area contributed by atoms with Crippen molar-refractivity contribution in [2.75, 3.05) is 27.2 Å². The first-order chi connectivity index (χ1) is 14.7. The van der Waals surface area contributed by atoms with Crippen LogP contribution in [0, 0.1) is 0 Å². The number of hydrogen-bond donors (Lipinski definition) is 1. The molecule has 5 heteroatoms. The fraction of sp³-hybridized carbons (Fsp3) is 0.385. The Hall–Kier alpha value is -2.92. The van der Waals surface area contributed by atoms with Crippen LogP contribution in [-0.2, 0) is 16.0 Å². The van der Waals surface area contributed by atoms with Crippen LogP contribution in [-0.4, -0.2) is 53.8 Å². The first-order valence-corrected chi connectivity index (χ1v) is 10.9. The highest BCUT2D eigenvalue weighted by Gasteiger charge is 2.45. The van der Waals surface area contributed by atoms with Crippen molar-refractivity contribution in [3.8, 4) is 0 Å². The van der Waals surface area contributed by atoms with Gasteiger partial charge in [0.05, 0.1) is 11.6 Å². The Morgan fingerprint density at radius 1 is 1.03 bits per heavy atom. The van der Waals surface area contributed by atoms with Crippen molar-refractivity contribution in [2.45, 2.75) is 39.2 Å². The summed E-state index contributed by atoms with van der Waals surface area (Å²) in [4.78, 5) is 29.5. The SMILES string of the molecule is CCc1ccc(/C(O)=C2/C(=O)C(=O)N(CCN(C)C)C2c2ccc(C(C)C)cc2)cc1. The molecule has 1 unspecified atom stereocenters. The number of carbonyl (C=O) groups is 2.